The SMILES string of the molecule is CC(C)C[C@H](N)C(=O)N[C@H](CNC(=O)[C@@H]1C[C@H](C)CC[C@H]1C(C)C)c1ccccc1.Cl. The van der Waals surface area contributed by atoms with Gasteiger partial charge >= 0.3 is 0 Å². The Bertz CT molecular complexity index is 681. The molecule has 0 unspecified atom stereocenters. The molecule has 1 saturated carbocycles. The molecule has 0 aliphatic heterocycles. The standard InChI is InChI=1S/C25H41N3O2.ClH/c1-16(2)13-22(26)25(30)28-23(19-9-7-6-8-10-19)15-27-24(29)21-14-18(5)11-12-20(21)17(3)4;/h6-10,16-18,20-23H,11-15,26H2,1-5H3,(H,27,29)(H,28,30);1H/t18-,20+,21-,22+,23-;/m1./s1. The van der Waals surface area contributed by atoms with Gasteiger partial charge in [-0.05, 0) is 48.5 Å². The van der Waals surface area contributed by atoms with Crippen LogP contribution in [-0.2, 0) is 9.59 Å². The van der Waals surface area contributed by atoms with Crippen LogP contribution in [0.25, 0.3) is 0 Å². The molecule has 6 heteroatoms. The molecule has 1 aliphatic carbocycles. The van der Waals surface area contributed by atoms with Gasteiger partial charge in [0.1, 0.15) is 0 Å². The lowest BCUT2D eigenvalue weighted by Gasteiger charge is -2.36. The highest BCUT2D eigenvalue weighted by Crippen LogP contribution is 2.38. The zero-order valence-electron chi connectivity index (χ0n) is 19.8. The first-order chi connectivity index (χ1) is 14.2. The average molecular weight is 452 g/mol. The Morgan fingerprint density at radius 2 is 1.74 bits per heavy atom. The Morgan fingerprint density at radius 3 is 2.32 bits per heavy atom. The van der Waals surface area contributed by atoms with Gasteiger partial charge in [-0.25, -0.2) is 0 Å². The first kappa shape index (κ1) is 27.4. The van der Waals surface area contributed by atoms with E-state index in [-0.39, 0.29) is 36.2 Å². The van der Waals surface area contributed by atoms with Crippen molar-refractivity contribution in [3.05, 3.63) is 35.9 Å². The third kappa shape index (κ3) is 8.46. The fraction of sp³-hybridized carbons (Fsp3) is 0.680. The van der Waals surface area contributed by atoms with E-state index < -0.39 is 6.04 Å². The van der Waals surface area contributed by atoms with E-state index in [9.17, 15) is 9.59 Å². The number of halogens is 1. The molecule has 0 bridgehead atoms. The number of benzene rings is 1. The van der Waals surface area contributed by atoms with Crippen molar-refractivity contribution >= 4 is 24.2 Å². The molecule has 0 heterocycles. The molecule has 0 spiro atoms. The van der Waals surface area contributed by atoms with Crippen molar-refractivity contribution in [3.63, 3.8) is 0 Å². The molecule has 0 saturated heterocycles. The zero-order chi connectivity index (χ0) is 22.3. The van der Waals surface area contributed by atoms with E-state index in [1.54, 1.807) is 0 Å². The van der Waals surface area contributed by atoms with E-state index in [1.807, 2.05) is 30.3 Å². The molecule has 31 heavy (non-hydrogen) atoms. The van der Waals surface area contributed by atoms with Gasteiger partial charge in [0.25, 0.3) is 0 Å². The van der Waals surface area contributed by atoms with Crippen molar-refractivity contribution in [2.45, 2.75) is 72.4 Å². The van der Waals surface area contributed by atoms with E-state index >= 15 is 0 Å². The van der Waals surface area contributed by atoms with Crippen LogP contribution < -0.4 is 16.4 Å². The first-order valence-corrected chi connectivity index (χ1v) is 11.6. The van der Waals surface area contributed by atoms with Gasteiger partial charge in [0.15, 0.2) is 0 Å². The summed E-state index contributed by atoms with van der Waals surface area (Å²) in [4.78, 5) is 25.8. The summed E-state index contributed by atoms with van der Waals surface area (Å²) in [7, 11) is 0. The number of hydrogen-bond donors (Lipinski definition) is 3. The highest BCUT2D eigenvalue weighted by atomic mass is 35.5. The lowest BCUT2D eigenvalue weighted by atomic mass is 9.70. The van der Waals surface area contributed by atoms with E-state index in [0.717, 1.165) is 18.4 Å². The molecular weight excluding hydrogens is 410 g/mol. The number of carbonyl (C=O) groups excluding carboxylic acids is 2. The number of carbonyl (C=O) groups is 2. The summed E-state index contributed by atoms with van der Waals surface area (Å²) in [5.74, 6) is 1.83. The monoisotopic (exact) mass is 451 g/mol. The second kappa shape index (κ2) is 13.1. The summed E-state index contributed by atoms with van der Waals surface area (Å²) in [5.41, 5.74) is 7.06. The van der Waals surface area contributed by atoms with Crippen molar-refractivity contribution in [1.82, 2.24) is 10.6 Å². The predicted molar refractivity (Wildman–Crippen MR) is 130 cm³/mol. The second-order valence-corrected chi connectivity index (χ2v) is 9.89. The van der Waals surface area contributed by atoms with Crippen LogP contribution in [0.2, 0.25) is 0 Å². The van der Waals surface area contributed by atoms with Gasteiger partial charge in [0.2, 0.25) is 11.8 Å². The van der Waals surface area contributed by atoms with Crippen molar-refractivity contribution in [2.24, 2.45) is 35.3 Å². The maximum absolute atomic E-state index is 13.1. The molecule has 0 aromatic heterocycles. The van der Waals surface area contributed by atoms with Gasteiger partial charge in [-0.3, -0.25) is 9.59 Å². The first-order valence-electron chi connectivity index (χ1n) is 11.6. The van der Waals surface area contributed by atoms with Crippen molar-refractivity contribution in [2.75, 3.05) is 6.54 Å². The highest BCUT2D eigenvalue weighted by Gasteiger charge is 2.35. The fourth-order valence-electron chi connectivity index (χ4n) is 4.67. The Kier molecular flexibility index (Phi) is 11.6. The summed E-state index contributed by atoms with van der Waals surface area (Å²) in [6.07, 6.45) is 3.88. The average Bonchev–Trinajstić information content (AvgIpc) is 2.70. The van der Waals surface area contributed by atoms with Crippen LogP contribution >= 0.6 is 12.4 Å². The smallest absolute Gasteiger partial charge is 0.237 e. The number of amides is 2. The summed E-state index contributed by atoms with van der Waals surface area (Å²) in [5, 5.41) is 6.21. The van der Waals surface area contributed by atoms with Gasteiger partial charge < -0.3 is 16.4 Å². The van der Waals surface area contributed by atoms with Crippen LogP contribution in [0.5, 0.6) is 0 Å². The molecule has 0 radical (unpaired) electrons. The second-order valence-electron chi connectivity index (χ2n) is 9.89. The van der Waals surface area contributed by atoms with Crippen molar-refractivity contribution < 1.29 is 9.59 Å². The predicted octanol–water partition coefficient (Wildman–Crippen LogP) is 4.46. The normalized spacial score (nSPS) is 23.0. The summed E-state index contributed by atoms with van der Waals surface area (Å²) in [6, 6.07) is 8.96. The third-order valence-electron chi connectivity index (χ3n) is 6.42. The van der Waals surface area contributed by atoms with Crippen LogP contribution in [0.3, 0.4) is 0 Å². The van der Waals surface area contributed by atoms with E-state index in [4.69, 9.17) is 5.73 Å². The molecule has 1 aromatic rings. The molecule has 4 N–H and O–H groups in total. The van der Waals surface area contributed by atoms with Gasteiger partial charge in [-0.2, -0.15) is 0 Å². The van der Waals surface area contributed by atoms with Gasteiger partial charge in [-0.1, -0.05) is 71.4 Å². The molecule has 176 valence electrons. The number of nitrogens with two attached hydrogens (primary N) is 1. The van der Waals surface area contributed by atoms with Crippen molar-refractivity contribution in [1.29, 1.82) is 0 Å². The zero-order valence-corrected chi connectivity index (χ0v) is 20.6. The molecule has 1 aromatic carbocycles. The van der Waals surface area contributed by atoms with Gasteiger partial charge in [0, 0.05) is 12.5 Å². The van der Waals surface area contributed by atoms with Crippen molar-refractivity contribution in [3.8, 4) is 0 Å². The lowest BCUT2D eigenvalue weighted by molar-refractivity contribution is -0.130. The maximum atomic E-state index is 13.1. The quantitative estimate of drug-likeness (QED) is 0.518. The van der Waals surface area contributed by atoms with Crippen LogP contribution in [0.15, 0.2) is 30.3 Å². The molecule has 1 aliphatic rings. The van der Waals surface area contributed by atoms with Gasteiger partial charge in [0.05, 0.1) is 12.1 Å². The minimum absolute atomic E-state index is 0. The van der Waals surface area contributed by atoms with Crippen LogP contribution in [0.4, 0.5) is 0 Å². The Balaban J connectivity index is 0.00000480. The topological polar surface area (TPSA) is 84.2 Å². The summed E-state index contributed by atoms with van der Waals surface area (Å²) < 4.78 is 0. The Morgan fingerprint density at radius 1 is 1.10 bits per heavy atom. The minimum atomic E-state index is -0.545. The Labute approximate surface area is 194 Å². The van der Waals surface area contributed by atoms with E-state index in [0.29, 0.717) is 36.6 Å². The number of rotatable bonds is 9. The van der Waals surface area contributed by atoms with E-state index in [2.05, 4.69) is 45.3 Å². The molecule has 5 nitrogen and oxygen atoms in total. The molecule has 5 atom stereocenters. The van der Waals surface area contributed by atoms with E-state index in [1.165, 1.54) is 6.42 Å². The van der Waals surface area contributed by atoms with Crippen LogP contribution in [0.1, 0.15) is 71.9 Å². The summed E-state index contributed by atoms with van der Waals surface area (Å²) in [6.45, 7) is 11.1. The Hall–Kier alpha value is -1.59. The number of nitrogens with one attached hydrogen (secondary N) is 2. The van der Waals surface area contributed by atoms with Gasteiger partial charge in [-0.15, -0.1) is 12.4 Å². The molecule has 2 amide bonds. The van der Waals surface area contributed by atoms with Crippen LogP contribution in [-0.4, -0.2) is 24.4 Å². The minimum Gasteiger partial charge on any atom is -0.353 e. The molecular formula is C25H42ClN3O2. The summed E-state index contributed by atoms with van der Waals surface area (Å²) >= 11 is 0. The molecule has 2 rings (SSSR count). The lowest BCUT2D eigenvalue weighted by Crippen LogP contribution is -2.47. The third-order valence-corrected chi connectivity index (χ3v) is 6.42. The largest absolute Gasteiger partial charge is 0.353 e. The van der Waals surface area contributed by atoms with Crippen LogP contribution in [0, 0.1) is 29.6 Å². The maximum Gasteiger partial charge on any atom is 0.237 e. The highest BCUT2D eigenvalue weighted by molar-refractivity contribution is 5.85. The number of hydrogen-bond acceptors (Lipinski definition) is 3. The molecule has 1 fully saturated rings. The fourth-order valence-corrected chi connectivity index (χ4v) is 4.67.